The fourth-order valence-electron chi connectivity index (χ4n) is 2.61. The Morgan fingerprint density at radius 1 is 1.22 bits per heavy atom. The van der Waals surface area contributed by atoms with Crippen LogP contribution in [-0.2, 0) is 6.54 Å². The molecule has 3 rings (SSSR count). The second kappa shape index (κ2) is 7.32. The lowest BCUT2D eigenvalue weighted by molar-refractivity contribution is 0.0693. The van der Waals surface area contributed by atoms with Gasteiger partial charge in [0.05, 0.1) is 14.2 Å². The van der Waals surface area contributed by atoms with Gasteiger partial charge in [-0.1, -0.05) is 5.16 Å². The first-order valence-electron chi connectivity index (χ1n) is 7.93. The number of aromatic carboxylic acids is 1. The molecule has 2 heterocycles. The van der Waals surface area contributed by atoms with Crippen LogP contribution < -0.4 is 15.0 Å². The van der Waals surface area contributed by atoms with E-state index >= 15 is 0 Å². The topological polar surface area (TPSA) is 117 Å². The van der Waals surface area contributed by atoms with Crippen LogP contribution in [0.3, 0.4) is 0 Å². The molecule has 0 saturated heterocycles. The number of hydrogen-bond acceptors (Lipinski definition) is 7. The third-order valence-electron chi connectivity index (χ3n) is 4.00. The molecule has 0 fully saturated rings. The molecule has 0 aliphatic carbocycles. The highest BCUT2D eigenvalue weighted by Gasteiger charge is 2.17. The number of methoxy groups -OCH3 is 2. The maximum atomic E-state index is 12.3. The first-order chi connectivity index (χ1) is 12.9. The highest BCUT2D eigenvalue weighted by atomic mass is 16.5. The number of aromatic nitrogens is 3. The summed E-state index contributed by atoms with van der Waals surface area (Å²) < 4.78 is 16.8. The van der Waals surface area contributed by atoms with Gasteiger partial charge in [-0.2, -0.15) is 4.98 Å². The zero-order valence-corrected chi connectivity index (χ0v) is 14.9. The zero-order chi connectivity index (χ0) is 19.6. The monoisotopic (exact) mass is 371 g/mol. The van der Waals surface area contributed by atoms with Crippen LogP contribution in [0.1, 0.15) is 21.8 Å². The molecule has 2 aromatic heterocycles. The lowest BCUT2D eigenvalue weighted by atomic mass is 10.1. The predicted molar refractivity (Wildman–Crippen MR) is 94.3 cm³/mol. The van der Waals surface area contributed by atoms with Gasteiger partial charge in [0, 0.05) is 11.8 Å². The van der Waals surface area contributed by atoms with Gasteiger partial charge in [0.15, 0.2) is 11.5 Å². The Labute approximate surface area is 153 Å². The van der Waals surface area contributed by atoms with Crippen molar-refractivity contribution in [3.63, 3.8) is 0 Å². The van der Waals surface area contributed by atoms with Crippen LogP contribution in [0, 0.1) is 6.92 Å². The van der Waals surface area contributed by atoms with Gasteiger partial charge in [0.1, 0.15) is 12.1 Å². The molecule has 0 saturated carbocycles. The van der Waals surface area contributed by atoms with Crippen LogP contribution in [0.15, 0.2) is 39.8 Å². The second-order valence-corrected chi connectivity index (χ2v) is 5.69. The molecule has 1 N–H and O–H groups in total. The van der Waals surface area contributed by atoms with Crippen LogP contribution >= 0.6 is 0 Å². The standard InChI is InChI=1S/C18H17N3O6/c1-10-6-7-21(17(22)15(10)18(23)24)9-14-19-16(20-27-14)11-4-5-12(25-2)13(8-11)26-3/h4-8H,9H2,1-3H3,(H,23,24). The van der Waals surface area contributed by atoms with Crippen LogP contribution in [-0.4, -0.2) is 40.0 Å². The highest BCUT2D eigenvalue weighted by molar-refractivity contribution is 5.88. The summed E-state index contributed by atoms with van der Waals surface area (Å²) >= 11 is 0. The molecule has 0 aliphatic rings. The number of ether oxygens (including phenoxy) is 2. The summed E-state index contributed by atoms with van der Waals surface area (Å²) in [6, 6.07) is 6.72. The quantitative estimate of drug-likeness (QED) is 0.699. The number of carboxylic acid groups (broad SMARTS) is 1. The minimum absolute atomic E-state index is 0.0420. The van der Waals surface area contributed by atoms with Crippen LogP contribution in [0.25, 0.3) is 11.4 Å². The second-order valence-electron chi connectivity index (χ2n) is 5.69. The van der Waals surface area contributed by atoms with Crippen molar-refractivity contribution < 1.29 is 23.9 Å². The van der Waals surface area contributed by atoms with Crippen LogP contribution in [0.5, 0.6) is 11.5 Å². The minimum atomic E-state index is -1.27. The Bertz CT molecular complexity index is 1050. The zero-order valence-electron chi connectivity index (χ0n) is 14.9. The summed E-state index contributed by atoms with van der Waals surface area (Å²) in [4.78, 5) is 27.9. The van der Waals surface area contributed by atoms with Crippen molar-refractivity contribution in [3.8, 4) is 22.9 Å². The summed E-state index contributed by atoms with van der Waals surface area (Å²) in [5.74, 6) is 0.287. The molecular weight excluding hydrogens is 354 g/mol. The molecule has 3 aromatic rings. The minimum Gasteiger partial charge on any atom is -0.493 e. The molecule has 0 bridgehead atoms. The number of aryl methyl sites for hydroxylation is 1. The summed E-state index contributed by atoms with van der Waals surface area (Å²) in [5.41, 5.74) is 0.121. The number of carbonyl (C=O) groups is 1. The first kappa shape index (κ1) is 18.2. The van der Waals surface area contributed by atoms with Crippen molar-refractivity contribution >= 4 is 5.97 Å². The summed E-state index contributed by atoms with van der Waals surface area (Å²) in [6.07, 6.45) is 1.49. The van der Waals surface area contributed by atoms with Gasteiger partial charge in [-0.15, -0.1) is 0 Å². The summed E-state index contributed by atoms with van der Waals surface area (Å²) in [7, 11) is 3.06. The number of benzene rings is 1. The molecule has 9 heteroatoms. The maximum absolute atomic E-state index is 12.3. The number of rotatable bonds is 6. The number of pyridine rings is 1. The van der Waals surface area contributed by atoms with Crippen molar-refractivity contribution in [2.75, 3.05) is 14.2 Å². The molecule has 0 unspecified atom stereocenters. The lowest BCUT2D eigenvalue weighted by Crippen LogP contribution is -2.27. The average Bonchev–Trinajstić information content (AvgIpc) is 3.12. The Morgan fingerprint density at radius 2 is 1.96 bits per heavy atom. The highest BCUT2D eigenvalue weighted by Crippen LogP contribution is 2.31. The van der Waals surface area contributed by atoms with Crippen LogP contribution in [0.2, 0.25) is 0 Å². The Balaban J connectivity index is 1.91. The third kappa shape index (κ3) is 3.52. The van der Waals surface area contributed by atoms with E-state index in [0.29, 0.717) is 28.5 Å². The van der Waals surface area contributed by atoms with E-state index in [-0.39, 0.29) is 18.0 Å². The van der Waals surface area contributed by atoms with Crippen molar-refractivity contribution in [3.05, 3.63) is 57.8 Å². The molecule has 9 nitrogen and oxygen atoms in total. The normalized spacial score (nSPS) is 10.6. The number of carboxylic acids is 1. The van der Waals surface area contributed by atoms with E-state index in [0.717, 1.165) is 0 Å². The first-order valence-corrected chi connectivity index (χ1v) is 7.93. The fraction of sp³-hybridized carbons (Fsp3) is 0.222. The van der Waals surface area contributed by atoms with Crippen molar-refractivity contribution in [1.29, 1.82) is 0 Å². The van der Waals surface area contributed by atoms with E-state index in [1.165, 1.54) is 25.0 Å². The molecule has 0 radical (unpaired) electrons. The molecule has 0 atom stereocenters. The third-order valence-corrected chi connectivity index (χ3v) is 4.00. The van der Waals surface area contributed by atoms with Gasteiger partial charge in [0.25, 0.3) is 5.56 Å². The van der Waals surface area contributed by atoms with Crippen LogP contribution in [0.4, 0.5) is 0 Å². The van der Waals surface area contributed by atoms with Crippen molar-refractivity contribution in [2.24, 2.45) is 0 Å². The van der Waals surface area contributed by atoms with Crippen molar-refractivity contribution in [2.45, 2.75) is 13.5 Å². The fourth-order valence-corrected chi connectivity index (χ4v) is 2.61. The van der Waals surface area contributed by atoms with Gasteiger partial charge in [-0.05, 0) is 36.8 Å². The lowest BCUT2D eigenvalue weighted by Gasteiger charge is -2.07. The van der Waals surface area contributed by atoms with E-state index in [4.69, 9.17) is 14.0 Å². The molecule has 1 aromatic carbocycles. The van der Waals surface area contributed by atoms with E-state index in [1.807, 2.05) is 0 Å². The molecule has 0 aliphatic heterocycles. The summed E-state index contributed by atoms with van der Waals surface area (Å²) in [6.45, 7) is 1.52. The van der Waals surface area contributed by atoms with Gasteiger partial charge in [-0.3, -0.25) is 4.79 Å². The Hall–Kier alpha value is -3.62. The molecule has 27 heavy (non-hydrogen) atoms. The van der Waals surface area contributed by atoms with Gasteiger partial charge in [0.2, 0.25) is 11.7 Å². The molecule has 0 amide bonds. The Kier molecular flexibility index (Phi) is 4.93. The predicted octanol–water partition coefficient (Wildman–Crippen LogP) is 1.97. The van der Waals surface area contributed by atoms with E-state index in [9.17, 15) is 14.7 Å². The van der Waals surface area contributed by atoms with Gasteiger partial charge < -0.3 is 23.7 Å². The average molecular weight is 371 g/mol. The number of hydrogen-bond donors (Lipinski definition) is 1. The van der Waals surface area contributed by atoms with E-state index in [1.54, 1.807) is 31.2 Å². The Morgan fingerprint density at radius 3 is 2.63 bits per heavy atom. The van der Waals surface area contributed by atoms with E-state index in [2.05, 4.69) is 10.1 Å². The summed E-state index contributed by atoms with van der Waals surface area (Å²) in [5, 5.41) is 13.1. The van der Waals surface area contributed by atoms with Gasteiger partial charge >= 0.3 is 5.97 Å². The largest absolute Gasteiger partial charge is 0.493 e. The molecule has 140 valence electrons. The maximum Gasteiger partial charge on any atom is 0.341 e. The van der Waals surface area contributed by atoms with Gasteiger partial charge in [-0.25, -0.2) is 4.79 Å². The SMILES string of the molecule is COc1ccc(-c2noc(Cn3ccc(C)c(C(=O)O)c3=O)n2)cc1OC. The van der Waals surface area contributed by atoms with E-state index < -0.39 is 11.5 Å². The number of nitrogens with zero attached hydrogens (tertiary/aromatic N) is 3. The molecule has 0 spiro atoms. The smallest absolute Gasteiger partial charge is 0.341 e. The van der Waals surface area contributed by atoms with Crippen molar-refractivity contribution in [1.82, 2.24) is 14.7 Å². The molecular formula is C18H17N3O6.